The van der Waals surface area contributed by atoms with Crippen molar-refractivity contribution in [3.05, 3.63) is 70.7 Å². The Bertz CT molecular complexity index is 1080. The molecule has 1 aliphatic carbocycles. The highest BCUT2D eigenvalue weighted by Crippen LogP contribution is 2.35. The number of nitrogens with two attached hydrogens (primary N) is 1. The van der Waals surface area contributed by atoms with E-state index in [9.17, 15) is 4.79 Å². The fraction of sp³-hybridized carbons (Fsp3) is 0.292. The van der Waals surface area contributed by atoms with Crippen molar-refractivity contribution in [2.45, 2.75) is 32.7 Å². The SMILES string of the molecule is CCOC(=O)c1c2c(nn1CCCN)-c1cc(/C=C/c3ccccc3)ncc1CC2.Cl. The molecule has 2 aromatic heterocycles. The number of halogens is 1. The highest BCUT2D eigenvalue weighted by molar-refractivity contribution is 5.92. The summed E-state index contributed by atoms with van der Waals surface area (Å²) in [4.78, 5) is 17.3. The lowest BCUT2D eigenvalue weighted by Crippen LogP contribution is -2.17. The van der Waals surface area contributed by atoms with E-state index in [1.807, 2.05) is 43.5 Å². The number of esters is 1. The second kappa shape index (κ2) is 10.4. The van der Waals surface area contributed by atoms with Crippen LogP contribution in [0.5, 0.6) is 0 Å². The van der Waals surface area contributed by atoms with Gasteiger partial charge in [0.25, 0.3) is 0 Å². The molecule has 0 bridgehead atoms. The van der Waals surface area contributed by atoms with Crippen LogP contribution in [0.3, 0.4) is 0 Å². The molecule has 31 heavy (non-hydrogen) atoms. The number of rotatable bonds is 7. The number of hydrogen-bond acceptors (Lipinski definition) is 5. The third kappa shape index (κ3) is 4.86. The second-order valence-corrected chi connectivity index (χ2v) is 7.27. The Morgan fingerprint density at radius 3 is 2.77 bits per heavy atom. The van der Waals surface area contributed by atoms with Crippen LogP contribution in [-0.4, -0.2) is 33.9 Å². The van der Waals surface area contributed by atoms with Crippen molar-refractivity contribution in [3.63, 3.8) is 0 Å². The first kappa shape index (κ1) is 22.7. The van der Waals surface area contributed by atoms with E-state index < -0.39 is 0 Å². The van der Waals surface area contributed by atoms with Crippen molar-refractivity contribution in [1.29, 1.82) is 0 Å². The third-order valence-corrected chi connectivity index (χ3v) is 5.25. The van der Waals surface area contributed by atoms with E-state index in [-0.39, 0.29) is 18.4 Å². The average Bonchev–Trinajstić information content (AvgIpc) is 3.16. The molecule has 4 rings (SSSR count). The van der Waals surface area contributed by atoms with E-state index in [1.165, 1.54) is 0 Å². The maximum atomic E-state index is 12.7. The molecule has 2 heterocycles. The van der Waals surface area contributed by atoms with Gasteiger partial charge < -0.3 is 10.5 Å². The molecule has 3 aromatic rings. The van der Waals surface area contributed by atoms with E-state index in [2.05, 4.69) is 23.2 Å². The summed E-state index contributed by atoms with van der Waals surface area (Å²) in [7, 11) is 0. The highest BCUT2D eigenvalue weighted by Gasteiger charge is 2.29. The average molecular weight is 439 g/mol. The van der Waals surface area contributed by atoms with Crippen LogP contribution >= 0.6 is 12.4 Å². The summed E-state index contributed by atoms with van der Waals surface area (Å²) in [6.07, 6.45) is 8.30. The van der Waals surface area contributed by atoms with Crippen molar-refractivity contribution in [2.75, 3.05) is 13.2 Å². The number of benzene rings is 1. The number of carbonyl (C=O) groups is 1. The largest absolute Gasteiger partial charge is 0.461 e. The number of carbonyl (C=O) groups excluding carboxylic acids is 1. The minimum Gasteiger partial charge on any atom is -0.461 e. The number of fused-ring (bicyclic) bond motifs is 3. The van der Waals surface area contributed by atoms with E-state index >= 15 is 0 Å². The molecule has 7 heteroatoms. The molecule has 0 atom stereocenters. The first-order valence-electron chi connectivity index (χ1n) is 10.4. The first-order chi connectivity index (χ1) is 14.7. The molecule has 0 spiro atoms. The fourth-order valence-corrected chi connectivity index (χ4v) is 3.80. The molecule has 0 unspecified atom stereocenters. The first-order valence-corrected chi connectivity index (χ1v) is 10.4. The molecule has 162 valence electrons. The van der Waals surface area contributed by atoms with Crippen LogP contribution in [0.15, 0.2) is 42.6 Å². The molecule has 0 saturated heterocycles. The Morgan fingerprint density at radius 2 is 2.03 bits per heavy atom. The van der Waals surface area contributed by atoms with Gasteiger partial charge in [-0.25, -0.2) is 4.79 Å². The zero-order valence-corrected chi connectivity index (χ0v) is 18.4. The number of pyridine rings is 1. The molecule has 6 nitrogen and oxygen atoms in total. The van der Waals surface area contributed by atoms with Crippen LogP contribution in [0, 0.1) is 0 Å². The summed E-state index contributed by atoms with van der Waals surface area (Å²) < 4.78 is 7.09. The predicted molar refractivity (Wildman–Crippen MR) is 125 cm³/mol. The quantitative estimate of drug-likeness (QED) is 0.560. The Kier molecular flexibility index (Phi) is 7.60. The molecule has 0 aliphatic heterocycles. The number of nitrogens with zero attached hydrogens (tertiary/aromatic N) is 3. The minimum atomic E-state index is -0.315. The summed E-state index contributed by atoms with van der Waals surface area (Å²) in [5.74, 6) is -0.315. The van der Waals surface area contributed by atoms with E-state index in [0.29, 0.717) is 25.4 Å². The second-order valence-electron chi connectivity index (χ2n) is 7.27. The van der Waals surface area contributed by atoms with Crippen molar-refractivity contribution in [1.82, 2.24) is 14.8 Å². The zero-order chi connectivity index (χ0) is 20.9. The highest BCUT2D eigenvalue weighted by atomic mass is 35.5. The van der Waals surface area contributed by atoms with Gasteiger partial charge in [-0.3, -0.25) is 9.67 Å². The van der Waals surface area contributed by atoms with Crippen molar-refractivity contribution >= 4 is 30.5 Å². The maximum absolute atomic E-state index is 12.7. The zero-order valence-electron chi connectivity index (χ0n) is 17.6. The van der Waals surface area contributed by atoms with Gasteiger partial charge in [0, 0.05) is 23.9 Å². The topological polar surface area (TPSA) is 83.0 Å². The Balaban J connectivity index is 0.00000272. The number of ether oxygens (including phenoxy) is 1. The molecular formula is C24H27ClN4O2. The lowest BCUT2D eigenvalue weighted by Gasteiger charge is -2.16. The van der Waals surface area contributed by atoms with E-state index in [0.717, 1.165) is 52.9 Å². The van der Waals surface area contributed by atoms with Crippen molar-refractivity contribution < 1.29 is 9.53 Å². The van der Waals surface area contributed by atoms with Gasteiger partial charge in [0.2, 0.25) is 0 Å². The summed E-state index contributed by atoms with van der Waals surface area (Å²) in [6, 6.07) is 12.2. The van der Waals surface area contributed by atoms with Crippen LogP contribution in [-0.2, 0) is 24.1 Å². The van der Waals surface area contributed by atoms with Crippen LogP contribution < -0.4 is 5.73 Å². The van der Waals surface area contributed by atoms with Crippen LogP contribution in [0.1, 0.15) is 46.2 Å². The van der Waals surface area contributed by atoms with Gasteiger partial charge in [0.05, 0.1) is 18.0 Å². The van der Waals surface area contributed by atoms with Gasteiger partial charge in [-0.05, 0) is 56.0 Å². The molecule has 0 fully saturated rings. The number of hydrogen-bond donors (Lipinski definition) is 1. The standard InChI is InChI=1S/C24H26N4O2.ClH/c1-2-30-24(29)23-20-12-10-18-16-26-19(11-9-17-7-4-3-5-8-17)15-21(18)22(20)27-28(23)14-6-13-25;/h3-5,7-9,11,15-16H,2,6,10,12-14,25H2,1H3;1H/b11-9+;. The summed E-state index contributed by atoms with van der Waals surface area (Å²) in [5.41, 5.74) is 12.2. The molecule has 0 amide bonds. The fourth-order valence-electron chi connectivity index (χ4n) is 3.80. The molecule has 0 saturated carbocycles. The maximum Gasteiger partial charge on any atom is 0.356 e. The lowest BCUT2D eigenvalue weighted by atomic mass is 9.89. The molecule has 0 radical (unpaired) electrons. The molecule has 1 aliphatic rings. The predicted octanol–water partition coefficient (Wildman–Crippen LogP) is 4.16. The van der Waals surface area contributed by atoms with Crippen molar-refractivity contribution in [2.24, 2.45) is 5.73 Å². The van der Waals surface area contributed by atoms with Gasteiger partial charge in [-0.15, -0.1) is 12.4 Å². The molecular weight excluding hydrogens is 412 g/mol. The van der Waals surface area contributed by atoms with Crippen LogP contribution in [0.4, 0.5) is 0 Å². The summed E-state index contributed by atoms with van der Waals surface area (Å²) in [6.45, 7) is 3.29. The normalized spacial score (nSPS) is 12.2. The molecule has 2 N–H and O–H groups in total. The number of aryl methyl sites for hydroxylation is 2. The van der Waals surface area contributed by atoms with Gasteiger partial charge >= 0.3 is 5.97 Å². The monoisotopic (exact) mass is 438 g/mol. The number of aromatic nitrogens is 3. The Hall–Kier alpha value is -2.96. The molecule has 1 aromatic carbocycles. The van der Waals surface area contributed by atoms with E-state index in [4.69, 9.17) is 15.6 Å². The summed E-state index contributed by atoms with van der Waals surface area (Å²) in [5, 5.41) is 4.80. The third-order valence-electron chi connectivity index (χ3n) is 5.25. The van der Waals surface area contributed by atoms with Gasteiger partial charge in [-0.2, -0.15) is 5.10 Å². The Morgan fingerprint density at radius 1 is 1.23 bits per heavy atom. The van der Waals surface area contributed by atoms with E-state index in [1.54, 1.807) is 4.68 Å². The van der Waals surface area contributed by atoms with Crippen molar-refractivity contribution in [3.8, 4) is 11.3 Å². The van der Waals surface area contributed by atoms with Crippen LogP contribution in [0.25, 0.3) is 23.4 Å². The Labute approximate surface area is 188 Å². The van der Waals surface area contributed by atoms with Crippen LogP contribution in [0.2, 0.25) is 0 Å². The lowest BCUT2D eigenvalue weighted by molar-refractivity contribution is 0.0510. The summed E-state index contributed by atoms with van der Waals surface area (Å²) >= 11 is 0. The van der Waals surface area contributed by atoms with Gasteiger partial charge in [0.15, 0.2) is 0 Å². The smallest absolute Gasteiger partial charge is 0.356 e. The minimum absolute atomic E-state index is 0. The van der Waals surface area contributed by atoms with Gasteiger partial charge in [-0.1, -0.05) is 36.4 Å². The van der Waals surface area contributed by atoms with Gasteiger partial charge in [0.1, 0.15) is 5.69 Å².